The Morgan fingerprint density at radius 2 is 1.50 bits per heavy atom. The highest BCUT2D eigenvalue weighted by Gasteiger charge is 2.17. The average molecular weight is 325 g/mol. The van der Waals surface area contributed by atoms with E-state index in [1.54, 1.807) is 36.4 Å². The molecule has 0 bridgehead atoms. The lowest BCUT2D eigenvalue weighted by Crippen LogP contribution is -2.27. The van der Waals surface area contributed by atoms with E-state index in [0.29, 0.717) is 5.56 Å². The fraction of sp³-hybridized carbons (Fsp3) is 0.167. The van der Waals surface area contributed by atoms with Crippen LogP contribution in [0.1, 0.15) is 34.7 Å². The maximum Gasteiger partial charge on any atom is 0.225 e. The molecule has 6 heteroatoms. The van der Waals surface area contributed by atoms with Gasteiger partial charge in [-0.05, 0) is 24.0 Å². The summed E-state index contributed by atoms with van der Waals surface area (Å²) in [7, 11) is 0. The van der Waals surface area contributed by atoms with Crippen molar-refractivity contribution in [1.82, 2.24) is 0 Å². The van der Waals surface area contributed by atoms with E-state index < -0.39 is 23.8 Å². The zero-order valence-corrected chi connectivity index (χ0v) is 12.7. The first-order valence-corrected chi connectivity index (χ1v) is 7.32. The van der Waals surface area contributed by atoms with Gasteiger partial charge in [0.2, 0.25) is 5.91 Å². The average Bonchev–Trinajstić information content (AvgIpc) is 2.55. The van der Waals surface area contributed by atoms with E-state index in [9.17, 15) is 24.6 Å². The standard InChI is InChI=1S/C18H17NO5/c20-16(19-15-9-5-4-8-14(15)18(23)24)10-13(11-17(21)22)12-6-2-1-3-7-12/h1-9,13H,10-11H2,(H,19,20)(H,21,22)(H,23,24)/p-2. The summed E-state index contributed by atoms with van der Waals surface area (Å²) in [5.74, 6) is -3.71. The molecule has 0 aliphatic heterocycles. The van der Waals surface area contributed by atoms with Gasteiger partial charge in [-0.25, -0.2) is 0 Å². The SMILES string of the molecule is O=C([O-])CC(CC(=O)Nc1ccccc1C(=O)[O-])c1ccccc1. The van der Waals surface area contributed by atoms with Gasteiger partial charge in [-0.2, -0.15) is 0 Å². The number of amides is 1. The molecule has 0 aromatic heterocycles. The first-order valence-electron chi connectivity index (χ1n) is 7.32. The molecule has 0 saturated heterocycles. The van der Waals surface area contributed by atoms with Gasteiger partial charge in [-0.3, -0.25) is 4.79 Å². The maximum atomic E-state index is 12.2. The second-order valence-corrected chi connectivity index (χ2v) is 5.27. The third-order valence-corrected chi connectivity index (χ3v) is 3.54. The van der Waals surface area contributed by atoms with Gasteiger partial charge in [0.05, 0.1) is 5.97 Å². The van der Waals surface area contributed by atoms with Crippen molar-refractivity contribution >= 4 is 23.5 Å². The number of hydrogen-bond donors (Lipinski definition) is 1. The number of aromatic carboxylic acids is 1. The summed E-state index contributed by atoms with van der Waals surface area (Å²) in [6.45, 7) is 0. The molecule has 1 amide bonds. The summed E-state index contributed by atoms with van der Waals surface area (Å²) in [6.07, 6.45) is -0.418. The van der Waals surface area contributed by atoms with Crippen LogP contribution in [0, 0.1) is 0 Å². The molecule has 0 heterocycles. The lowest BCUT2D eigenvalue weighted by molar-refractivity contribution is -0.306. The minimum absolute atomic E-state index is 0.112. The van der Waals surface area contributed by atoms with E-state index in [4.69, 9.17) is 0 Å². The number of nitrogens with one attached hydrogen (secondary N) is 1. The lowest BCUT2D eigenvalue weighted by atomic mass is 9.92. The van der Waals surface area contributed by atoms with E-state index >= 15 is 0 Å². The number of anilines is 1. The van der Waals surface area contributed by atoms with Crippen LogP contribution in [0.25, 0.3) is 0 Å². The number of rotatable bonds is 7. The summed E-state index contributed by atoms with van der Waals surface area (Å²) < 4.78 is 0. The molecule has 0 radical (unpaired) electrons. The third kappa shape index (κ3) is 4.67. The number of carbonyl (C=O) groups excluding carboxylic acids is 3. The number of carboxylic acids is 2. The van der Waals surface area contributed by atoms with Crippen molar-refractivity contribution in [3.8, 4) is 0 Å². The number of carboxylic acid groups (broad SMARTS) is 2. The molecule has 2 rings (SSSR count). The molecule has 0 spiro atoms. The molecule has 0 aliphatic carbocycles. The maximum absolute atomic E-state index is 12.2. The molecule has 2 aromatic rings. The highest BCUT2D eigenvalue weighted by atomic mass is 16.4. The molecule has 24 heavy (non-hydrogen) atoms. The van der Waals surface area contributed by atoms with Crippen molar-refractivity contribution in [2.24, 2.45) is 0 Å². The van der Waals surface area contributed by atoms with Gasteiger partial charge in [0.15, 0.2) is 0 Å². The van der Waals surface area contributed by atoms with Crippen LogP contribution in [0.5, 0.6) is 0 Å². The molecular formula is C18H15NO5-2. The number of aliphatic carboxylic acids is 1. The van der Waals surface area contributed by atoms with E-state index in [1.807, 2.05) is 0 Å². The van der Waals surface area contributed by atoms with Crippen molar-refractivity contribution in [1.29, 1.82) is 0 Å². The van der Waals surface area contributed by atoms with E-state index in [1.165, 1.54) is 18.2 Å². The van der Waals surface area contributed by atoms with E-state index in [2.05, 4.69) is 5.32 Å². The van der Waals surface area contributed by atoms with Crippen LogP contribution in [-0.2, 0) is 9.59 Å². The monoisotopic (exact) mass is 325 g/mol. The van der Waals surface area contributed by atoms with Crippen LogP contribution < -0.4 is 15.5 Å². The zero-order chi connectivity index (χ0) is 17.5. The van der Waals surface area contributed by atoms with Gasteiger partial charge >= 0.3 is 0 Å². The Hall–Kier alpha value is -3.15. The molecule has 0 aliphatic rings. The molecule has 0 fully saturated rings. The molecule has 1 atom stereocenters. The summed E-state index contributed by atoms with van der Waals surface area (Å²) in [6, 6.07) is 14.6. The van der Waals surface area contributed by atoms with Gasteiger partial charge in [0.1, 0.15) is 0 Å². The van der Waals surface area contributed by atoms with Crippen LogP contribution in [0.15, 0.2) is 54.6 Å². The van der Waals surface area contributed by atoms with Gasteiger partial charge in [-0.1, -0.05) is 48.5 Å². The smallest absolute Gasteiger partial charge is 0.225 e. The summed E-state index contributed by atoms with van der Waals surface area (Å²) in [5.41, 5.74) is 0.676. The molecule has 6 nitrogen and oxygen atoms in total. The fourth-order valence-corrected chi connectivity index (χ4v) is 2.43. The predicted molar refractivity (Wildman–Crippen MR) is 82.8 cm³/mol. The van der Waals surface area contributed by atoms with E-state index in [0.717, 1.165) is 0 Å². The number of hydrogen-bond acceptors (Lipinski definition) is 5. The summed E-state index contributed by atoms with van der Waals surface area (Å²) in [5, 5.41) is 24.5. The quantitative estimate of drug-likeness (QED) is 0.787. The molecule has 1 unspecified atom stereocenters. The van der Waals surface area contributed by atoms with Crippen molar-refractivity contribution in [2.75, 3.05) is 5.32 Å². The van der Waals surface area contributed by atoms with Crippen LogP contribution in [0.2, 0.25) is 0 Å². The van der Waals surface area contributed by atoms with Gasteiger partial charge in [0, 0.05) is 23.6 Å². The molecule has 2 aromatic carbocycles. The Morgan fingerprint density at radius 1 is 0.875 bits per heavy atom. The summed E-state index contributed by atoms with van der Waals surface area (Å²) in [4.78, 5) is 34.2. The Balaban J connectivity index is 2.14. The molecule has 0 saturated carbocycles. The Bertz CT molecular complexity index is 742. The third-order valence-electron chi connectivity index (χ3n) is 3.54. The van der Waals surface area contributed by atoms with Crippen LogP contribution in [0.4, 0.5) is 5.69 Å². The normalized spacial score (nSPS) is 11.5. The Kier molecular flexibility index (Phi) is 5.68. The second-order valence-electron chi connectivity index (χ2n) is 5.27. The molecular weight excluding hydrogens is 310 g/mol. The molecule has 124 valence electrons. The van der Waals surface area contributed by atoms with Gasteiger partial charge in [0.25, 0.3) is 0 Å². The minimum atomic E-state index is -1.40. The van der Waals surface area contributed by atoms with Crippen LogP contribution in [0.3, 0.4) is 0 Å². The van der Waals surface area contributed by atoms with Crippen molar-refractivity contribution in [3.05, 3.63) is 65.7 Å². The first kappa shape index (κ1) is 17.2. The largest absolute Gasteiger partial charge is 0.550 e. The lowest BCUT2D eigenvalue weighted by Gasteiger charge is -2.18. The van der Waals surface area contributed by atoms with Gasteiger partial charge < -0.3 is 25.1 Å². The predicted octanol–water partition coefficient (Wildman–Crippen LogP) is 0.302. The Labute approximate surface area is 138 Å². The summed E-state index contributed by atoms with van der Waals surface area (Å²) >= 11 is 0. The van der Waals surface area contributed by atoms with Crippen LogP contribution >= 0.6 is 0 Å². The minimum Gasteiger partial charge on any atom is -0.550 e. The first-order chi connectivity index (χ1) is 11.5. The highest BCUT2D eigenvalue weighted by molar-refractivity contribution is 6.00. The number of para-hydroxylation sites is 1. The van der Waals surface area contributed by atoms with E-state index in [-0.39, 0.29) is 24.1 Å². The van der Waals surface area contributed by atoms with Crippen molar-refractivity contribution in [2.45, 2.75) is 18.8 Å². The van der Waals surface area contributed by atoms with Crippen molar-refractivity contribution in [3.63, 3.8) is 0 Å². The van der Waals surface area contributed by atoms with Gasteiger partial charge in [-0.15, -0.1) is 0 Å². The zero-order valence-electron chi connectivity index (χ0n) is 12.7. The Morgan fingerprint density at radius 3 is 2.12 bits per heavy atom. The topological polar surface area (TPSA) is 109 Å². The fourth-order valence-electron chi connectivity index (χ4n) is 2.43. The number of benzene rings is 2. The second kappa shape index (κ2) is 7.92. The molecule has 1 N–H and O–H groups in total. The van der Waals surface area contributed by atoms with Crippen LogP contribution in [-0.4, -0.2) is 17.8 Å². The number of carbonyl (C=O) groups is 3. The van der Waals surface area contributed by atoms with Crippen molar-refractivity contribution < 1.29 is 24.6 Å². The highest BCUT2D eigenvalue weighted by Crippen LogP contribution is 2.24.